The van der Waals surface area contributed by atoms with E-state index in [1.54, 1.807) is 0 Å². The first-order chi connectivity index (χ1) is 8.11. The molecule has 1 heterocycles. The van der Waals surface area contributed by atoms with E-state index in [1.165, 1.54) is 0 Å². The Morgan fingerprint density at radius 2 is 1.17 bits per heavy atom. The highest BCUT2D eigenvalue weighted by atomic mass is 35.5. The van der Waals surface area contributed by atoms with Crippen molar-refractivity contribution >= 4 is 81.5 Å². The van der Waals surface area contributed by atoms with Crippen LogP contribution < -0.4 is 0 Å². The van der Waals surface area contributed by atoms with Gasteiger partial charge in [0.1, 0.15) is 21.6 Å². The van der Waals surface area contributed by atoms with Crippen molar-refractivity contribution in [3.8, 4) is 0 Å². The summed E-state index contributed by atoms with van der Waals surface area (Å²) in [6.45, 7) is 0. The lowest BCUT2D eigenvalue weighted by Gasteiger charge is -2.32. The van der Waals surface area contributed by atoms with Crippen LogP contribution >= 0.6 is 69.6 Å². The van der Waals surface area contributed by atoms with Crippen molar-refractivity contribution in [3.05, 3.63) is 10.1 Å². The van der Waals surface area contributed by atoms with Crippen molar-refractivity contribution < 1.29 is 14.3 Å². The first kappa shape index (κ1) is 13.6. The minimum Gasteiger partial charge on any atom is -0.393 e. The summed E-state index contributed by atoms with van der Waals surface area (Å²) in [5, 5.41) is -0.252. The van der Waals surface area contributed by atoms with Gasteiger partial charge in [0.15, 0.2) is 4.33 Å². The van der Waals surface area contributed by atoms with Crippen LogP contribution in [0.15, 0.2) is 10.1 Å². The Hall–Kier alpha value is 0.620. The molecule has 3 aliphatic rings. The molecule has 0 aromatic rings. The molecule has 18 heavy (non-hydrogen) atoms. The molecule has 9 heteroatoms. The lowest BCUT2D eigenvalue weighted by Crippen LogP contribution is -2.47. The molecule has 4 atom stereocenters. The second kappa shape index (κ2) is 3.44. The summed E-state index contributed by atoms with van der Waals surface area (Å²) in [5.74, 6) is -3.99. The maximum Gasteiger partial charge on any atom is 0.319 e. The first-order valence-electron chi connectivity index (χ1n) is 4.69. The average Bonchev–Trinajstić information content (AvgIpc) is 2.68. The molecular weight excluding hydrogens is 369 g/mol. The van der Waals surface area contributed by atoms with E-state index in [0.29, 0.717) is 0 Å². The van der Waals surface area contributed by atoms with Crippen LogP contribution in [0.3, 0.4) is 0 Å². The number of hydrogen-bond donors (Lipinski definition) is 0. The molecule has 2 fully saturated rings. The van der Waals surface area contributed by atoms with Crippen molar-refractivity contribution in [2.24, 2.45) is 11.8 Å². The van der Waals surface area contributed by atoms with Gasteiger partial charge >= 0.3 is 11.9 Å². The van der Waals surface area contributed by atoms with Gasteiger partial charge in [0, 0.05) is 0 Å². The number of esters is 2. The fourth-order valence-electron chi connectivity index (χ4n) is 2.81. The van der Waals surface area contributed by atoms with Crippen molar-refractivity contribution in [3.63, 3.8) is 0 Å². The molecule has 98 valence electrons. The zero-order valence-electron chi connectivity index (χ0n) is 8.15. The summed E-state index contributed by atoms with van der Waals surface area (Å²) in [5.41, 5.74) is 0. The molecule has 2 bridgehead atoms. The lowest BCUT2D eigenvalue weighted by atomic mass is 9.84. The monoisotopic (exact) mass is 368 g/mol. The second-order valence-electron chi connectivity index (χ2n) is 4.32. The van der Waals surface area contributed by atoms with Gasteiger partial charge in [0.25, 0.3) is 0 Å². The number of rotatable bonds is 0. The predicted octanol–water partition coefficient (Wildman–Crippen LogP) is 3.15. The maximum absolute atomic E-state index is 11.7. The third-order valence-corrected chi connectivity index (χ3v) is 7.90. The van der Waals surface area contributed by atoms with Crippen LogP contribution in [0.25, 0.3) is 0 Å². The third-order valence-electron chi connectivity index (χ3n) is 3.64. The zero-order valence-corrected chi connectivity index (χ0v) is 12.7. The summed E-state index contributed by atoms with van der Waals surface area (Å²) in [4.78, 5) is 19.9. The van der Waals surface area contributed by atoms with Crippen molar-refractivity contribution in [2.45, 2.75) is 14.1 Å². The van der Waals surface area contributed by atoms with Gasteiger partial charge in [-0.2, -0.15) is 0 Å². The molecule has 0 radical (unpaired) electrons. The van der Waals surface area contributed by atoms with E-state index in [1.807, 2.05) is 0 Å². The molecule has 1 saturated carbocycles. The minimum absolute atomic E-state index is 0.126. The van der Waals surface area contributed by atoms with E-state index in [4.69, 9.17) is 69.6 Å². The van der Waals surface area contributed by atoms with Crippen molar-refractivity contribution in [1.29, 1.82) is 0 Å². The van der Waals surface area contributed by atoms with Crippen LogP contribution in [-0.4, -0.2) is 26.0 Å². The Morgan fingerprint density at radius 3 is 1.50 bits per heavy atom. The van der Waals surface area contributed by atoms with Gasteiger partial charge in [-0.15, -0.1) is 23.2 Å². The molecule has 0 aromatic heterocycles. The number of alkyl halides is 4. The highest BCUT2D eigenvalue weighted by Crippen LogP contribution is 2.77. The number of carbonyl (C=O) groups excluding carboxylic acids is 2. The minimum atomic E-state index is -1.89. The van der Waals surface area contributed by atoms with E-state index in [-0.39, 0.29) is 10.1 Å². The Labute approximate surface area is 131 Å². The molecule has 0 aromatic carbocycles. The van der Waals surface area contributed by atoms with E-state index < -0.39 is 37.9 Å². The summed E-state index contributed by atoms with van der Waals surface area (Å²) in [6, 6.07) is 0. The van der Waals surface area contributed by atoms with E-state index in [2.05, 4.69) is 4.74 Å². The van der Waals surface area contributed by atoms with Crippen LogP contribution in [0.2, 0.25) is 0 Å². The van der Waals surface area contributed by atoms with E-state index >= 15 is 0 Å². The van der Waals surface area contributed by atoms with E-state index in [9.17, 15) is 9.59 Å². The van der Waals surface area contributed by atoms with Crippen LogP contribution in [0.1, 0.15) is 0 Å². The summed E-state index contributed by atoms with van der Waals surface area (Å²) in [6.07, 6.45) is 0. The molecule has 3 rings (SSSR count). The Morgan fingerprint density at radius 1 is 0.833 bits per heavy atom. The van der Waals surface area contributed by atoms with Gasteiger partial charge in [-0.25, -0.2) is 0 Å². The summed E-state index contributed by atoms with van der Waals surface area (Å²) >= 11 is 36.9. The zero-order chi connectivity index (χ0) is 13.7. The average molecular weight is 371 g/mol. The predicted molar refractivity (Wildman–Crippen MR) is 68.4 cm³/mol. The van der Waals surface area contributed by atoms with Gasteiger partial charge in [0.05, 0.1) is 10.1 Å². The van der Waals surface area contributed by atoms with Gasteiger partial charge in [0.2, 0.25) is 0 Å². The molecule has 3 nitrogen and oxygen atoms in total. The molecule has 0 amide bonds. The fourth-order valence-corrected chi connectivity index (χ4v) is 5.73. The lowest BCUT2D eigenvalue weighted by molar-refractivity contribution is -0.154. The van der Waals surface area contributed by atoms with Gasteiger partial charge in [-0.3, -0.25) is 9.59 Å². The molecule has 1 aliphatic heterocycles. The van der Waals surface area contributed by atoms with Crippen molar-refractivity contribution in [2.75, 3.05) is 0 Å². The van der Waals surface area contributed by atoms with E-state index in [0.717, 1.165) is 0 Å². The number of hydrogen-bond acceptors (Lipinski definition) is 3. The number of cyclic esters (lactones) is 2. The topological polar surface area (TPSA) is 43.4 Å². The van der Waals surface area contributed by atoms with Gasteiger partial charge in [-0.1, -0.05) is 46.4 Å². The fraction of sp³-hybridized carbons (Fsp3) is 0.556. The highest BCUT2D eigenvalue weighted by Gasteiger charge is 2.87. The SMILES string of the molecule is O=C1OC(=O)[C@@H]2[C@@H]1[C@]1(Cl)C(Cl)=C(Cl)[C@]2(Cl)C1(Cl)Cl. The quantitative estimate of drug-likeness (QED) is 0.374. The third kappa shape index (κ3) is 1.03. The van der Waals surface area contributed by atoms with Crippen LogP contribution in [0.5, 0.6) is 0 Å². The van der Waals surface area contributed by atoms with Gasteiger partial charge in [-0.05, 0) is 0 Å². The Balaban J connectivity index is 2.37. The van der Waals surface area contributed by atoms with Crippen LogP contribution in [-0.2, 0) is 14.3 Å². The number of carbonyl (C=O) groups is 2. The molecule has 2 aliphatic carbocycles. The molecule has 1 saturated heterocycles. The van der Waals surface area contributed by atoms with Crippen LogP contribution in [0, 0.1) is 11.8 Å². The first-order valence-corrected chi connectivity index (χ1v) is 6.96. The Kier molecular flexibility index (Phi) is 2.60. The number of ether oxygens (including phenoxy) is 1. The summed E-state index contributed by atoms with van der Waals surface area (Å²) in [7, 11) is 0. The maximum atomic E-state index is 11.7. The van der Waals surface area contributed by atoms with Gasteiger partial charge < -0.3 is 4.74 Å². The standard InChI is InChI=1S/C9H2Cl6O3/c10-3-4(11)8(13)2-1(5(16)18-6(2)17)7(3,12)9(8,14)15/h1-2H/t1-,2-,7-,8-/m0/s1. The normalized spacial score (nSPS) is 48.8. The second-order valence-corrected chi connectivity index (χ2v) is 7.60. The molecule has 0 N–H and O–H groups in total. The molecular formula is C9H2Cl6O3. The number of halogens is 6. The largest absolute Gasteiger partial charge is 0.393 e. The van der Waals surface area contributed by atoms with Crippen molar-refractivity contribution in [1.82, 2.24) is 0 Å². The smallest absolute Gasteiger partial charge is 0.319 e. The Bertz CT molecular complexity index is 498. The number of allylic oxidation sites excluding steroid dienone is 2. The van der Waals surface area contributed by atoms with Crippen LogP contribution in [0.4, 0.5) is 0 Å². The molecule has 0 spiro atoms. The molecule has 0 unspecified atom stereocenters. The number of fused-ring (bicyclic) bond motifs is 5. The summed E-state index contributed by atoms with van der Waals surface area (Å²) < 4.78 is 2.63. The highest BCUT2D eigenvalue weighted by molar-refractivity contribution is 6.66.